The van der Waals surface area contributed by atoms with Crippen LogP contribution in [0.2, 0.25) is 0 Å². The first-order valence-corrected chi connectivity index (χ1v) is 8.61. The molecule has 4 nitrogen and oxygen atoms in total. The van der Waals surface area contributed by atoms with Gasteiger partial charge in [0.15, 0.2) is 5.16 Å². The van der Waals surface area contributed by atoms with E-state index in [0.29, 0.717) is 11.7 Å². The van der Waals surface area contributed by atoms with E-state index in [1.165, 1.54) is 56.7 Å². The molecule has 1 aromatic heterocycles. The van der Waals surface area contributed by atoms with Gasteiger partial charge in [-0.15, -0.1) is 0 Å². The number of imidazole rings is 1. The Hall–Kier alpha value is -0.970. The van der Waals surface area contributed by atoms with Crippen LogP contribution in [-0.4, -0.2) is 27.8 Å². The number of carbonyl (C=O) groups excluding carboxylic acids is 1. The van der Waals surface area contributed by atoms with Crippen molar-refractivity contribution in [2.24, 2.45) is 13.0 Å². The lowest BCUT2D eigenvalue weighted by molar-refractivity contribution is -0.118. The molecule has 1 aliphatic rings. The van der Waals surface area contributed by atoms with E-state index in [0.717, 1.165) is 11.7 Å². The van der Waals surface area contributed by atoms with E-state index in [1.54, 1.807) is 6.20 Å². The predicted octanol–water partition coefficient (Wildman–Crippen LogP) is 2.99. The SMILES string of the molecule is Cn1ccnc1SCC(=O)NCC1CCCCCCC1. The maximum atomic E-state index is 11.9. The highest BCUT2D eigenvalue weighted by Gasteiger charge is 2.13. The second-order valence-electron chi connectivity index (χ2n) is 5.62. The van der Waals surface area contributed by atoms with Crippen molar-refractivity contribution in [2.75, 3.05) is 12.3 Å². The second-order valence-corrected chi connectivity index (χ2v) is 6.57. The first-order valence-electron chi connectivity index (χ1n) is 7.62. The quantitative estimate of drug-likeness (QED) is 0.850. The maximum Gasteiger partial charge on any atom is 0.230 e. The molecule has 0 spiro atoms. The van der Waals surface area contributed by atoms with Gasteiger partial charge in [0, 0.05) is 26.0 Å². The molecule has 0 atom stereocenters. The summed E-state index contributed by atoms with van der Waals surface area (Å²) in [4.78, 5) is 16.1. The minimum absolute atomic E-state index is 0.125. The van der Waals surface area contributed by atoms with E-state index < -0.39 is 0 Å². The molecule has 0 aliphatic heterocycles. The normalized spacial score (nSPS) is 17.4. The third-order valence-electron chi connectivity index (χ3n) is 3.92. The second kappa shape index (κ2) is 8.35. The summed E-state index contributed by atoms with van der Waals surface area (Å²) in [6.07, 6.45) is 13.0. The molecule has 1 heterocycles. The van der Waals surface area contributed by atoms with Crippen LogP contribution in [0, 0.1) is 5.92 Å². The number of thioether (sulfide) groups is 1. The fourth-order valence-electron chi connectivity index (χ4n) is 2.68. The minimum atomic E-state index is 0.125. The van der Waals surface area contributed by atoms with Crippen LogP contribution in [0.25, 0.3) is 0 Å². The lowest BCUT2D eigenvalue weighted by Gasteiger charge is -2.19. The van der Waals surface area contributed by atoms with Crippen molar-refractivity contribution in [2.45, 2.75) is 50.1 Å². The Balaban J connectivity index is 1.65. The van der Waals surface area contributed by atoms with Gasteiger partial charge in [-0.25, -0.2) is 4.98 Å². The summed E-state index contributed by atoms with van der Waals surface area (Å²) in [5, 5.41) is 3.98. The highest BCUT2D eigenvalue weighted by Crippen LogP contribution is 2.21. The standard InChI is InChI=1S/C15H25N3OS/c1-18-10-9-16-15(18)20-12-14(19)17-11-13-7-5-3-2-4-6-8-13/h9-10,13H,2-8,11-12H2,1H3,(H,17,19). The van der Waals surface area contributed by atoms with Gasteiger partial charge in [-0.3, -0.25) is 4.79 Å². The van der Waals surface area contributed by atoms with E-state index in [2.05, 4.69) is 10.3 Å². The number of aromatic nitrogens is 2. The van der Waals surface area contributed by atoms with Gasteiger partial charge in [0.25, 0.3) is 0 Å². The van der Waals surface area contributed by atoms with Crippen molar-refractivity contribution in [1.82, 2.24) is 14.9 Å². The number of aryl methyl sites for hydroxylation is 1. The summed E-state index contributed by atoms with van der Waals surface area (Å²) in [6.45, 7) is 0.847. The Kier molecular flexibility index (Phi) is 6.43. The summed E-state index contributed by atoms with van der Waals surface area (Å²) >= 11 is 1.50. The van der Waals surface area contributed by atoms with Crippen molar-refractivity contribution in [1.29, 1.82) is 0 Å². The van der Waals surface area contributed by atoms with Crippen LogP contribution < -0.4 is 5.32 Å². The van der Waals surface area contributed by atoms with Crippen LogP contribution in [0.15, 0.2) is 17.6 Å². The summed E-state index contributed by atoms with van der Waals surface area (Å²) < 4.78 is 1.94. The van der Waals surface area contributed by atoms with Crippen LogP contribution in [0.3, 0.4) is 0 Å². The smallest absolute Gasteiger partial charge is 0.230 e. The molecule has 112 valence electrons. The average Bonchev–Trinajstić information content (AvgIpc) is 2.80. The number of hydrogen-bond acceptors (Lipinski definition) is 3. The molecule has 5 heteroatoms. The summed E-state index contributed by atoms with van der Waals surface area (Å²) in [7, 11) is 1.95. The molecule has 1 N–H and O–H groups in total. The third-order valence-corrected chi connectivity index (χ3v) is 4.98. The van der Waals surface area contributed by atoms with Crippen molar-refractivity contribution in [3.8, 4) is 0 Å². The number of nitrogens with one attached hydrogen (secondary N) is 1. The molecule has 2 rings (SSSR count). The average molecular weight is 295 g/mol. The van der Waals surface area contributed by atoms with Crippen LogP contribution in [0.4, 0.5) is 0 Å². The van der Waals surface area contributed by atoms with E-state index >= 15 is 0 Å². The molecule has 1 aliphatic carbocycles. The lowest BCUT2D eigenvalue weighted by atomic mass is 9.91. The molecule has 0 radical (unpaired) electrons. The summed E-state index contributed by atoms with van der Waals surface area (Å²) in [5.74, 6) is 1.26. The molecule has 1 aromatic rings. The van der Waals surface area contributed by atoms with Crippen molar-refractivity contribution in [3.63, 3.8) is 0 Å². The van der Waals surface area contributed by atoms with Crippen molar-refractivity contribution in [3.05, 3.63) is 12.4 Å². The Morgan fingerprint density at radius 3 is 2.70 bits per heavy atom. The number of rotatable bonds is 5. The van der Waals surface area contributed by atoms with Gasteiger partial charge in [-0.1, -0.05) is 43.9 Å². The largest absolute Gasteiger partial charge is 0.355 e. The van der Waals surface area contributed by atoms with Crippen LogP contribution in [-0.2, 0) is 11.8 Å². The lowest BCUT2D eigenvalue weighted by Crippen LogP contribution is -2.31. The highest BCUT2D eigenvalue weighted by molar-refractivity contribution is 7.99. The Bertz CT molecular complexity index is 411. The molecule has 0 aromatic carbocycles. The van der Waals surface area contributed by atoms with Crippen LogP contribution >= 0.6 is 11.8 Å². The Labute approximate surface area is 125 Å². The van der Waals surface area contributed by atoms with Gasteiger partial charge in [-0.2, -0.15) is 0 Å². The van der Waals surface area contributed by atoms with Crippen molar-refractivity contribution >= 4 is 17.7 Å². The van der Waals surface area contributed by atoms with E-state index in [9.17, 15) is 4.79 Å². The number of nitrogens with zero attached hydrogens (tertiary/aromatic N) is 2. The van der Waals surface area contributed by atoms with E-state index in [-0.39, 0.29) is 5.91 Å². The third kappa shape index (κ3) is 5.19. The van der Waals surface area contributed by atoms with Gasteiger partial charge in [-0.05, 0) is 18.8 Å². The minimum Gasteiger partial charge on any atom is -0.355 e. The van der Waals surface area contributed by atoms with Gasteiger partial charge in [0.2, 0.25) is 5.91 Å². The maximum absolute atomic E-state index is 11.9. The van der Waals surface area contributed by atoms with Gasteiger partial charge in [0.05, 0.1) is 5.75 Å². The Morgan fingerprint density at radius 1 is 1.35 bits per heavy atom. The molecular formula is C15H25N3OS. The summed E-state index contributed by atoms with van der Waals surface area (Å²) in [5.41, 5.74) is 0. The predicted molar refractivity (Wildman–Crippen MR) is 82.8 cm³/mol. The van der Waals surface area contributed by atoms with E-state index in [4.69, 9.17) is 0 Å². The summed E-state index contributed by atoms with van der Waals surface area (Å²) in [6, 6.07) is 0. The molecule has 1 amide bonds. The molecule has 1 fully saturated rings. The zero-order valence-electron chi connectivity index (χ0n) is 12.3. The molecule has 0 saturated heterocycles. The first-order chi connectivity index (χ1) is 9.75. The zero-order chi connectivity index (χ0) is 14.2. The van der Waals surface area contributed by atoms with Gasteiger partial charge < -0.3 is 9.88 Å². The number of hydrogen-bond donors (Lipinski definition) is 1. The molecule has 0 bridgehead atoms. The molecule has 1 saturated carbocycles. The molecule has 20 heavy (non-hydrogen) atoms. The fraction of sp³-hybridized carbons (Fsp3) is 0.733. The molecule has 0 unspecified atom stereocenters. The van der Waals surface area contributed by atoms with Gasteiger partial charge in [0.1, 0.15) is 0 Å². The fourth-order valence-corrected chi connectivity index (χ4v) is 3.44. The Morgan fingerprint density at radius 2 is 2.05 bits per heavy atom. The zero-order valence-corrected chi connectivity index (χ0v) is 13.1. The van der Waals surface area contributed by atoms with Crippen LogP contribution in [0.5, 0.6) is 0 Å². The number of amides is 1. The first kappa shape index (κ1) is 15.4. The van der Waals surface area contributed by atoms with Crippen molar-refractivity contribution < 1.29 is 4.79 Å². The topological polar surface area (TPSA) is 46.9 Å². The van der Waals surface area contributed by atoms with E-state index in [1.807, 2.05) is 17.8 Å². The number of carbonyl (C=O) groups is 1. The monoisotopic (exact) mass is 295 g/mol. The highest BCUT2D eigenvalue weighted by atomic mass is 32.2. The molecular weight excluding hydrogens is 270 g/mol. The van der Waals surface area contributed by atoms with Gasteiger partial charge >= 0.3 is 0 Å². The van der Waals surface area contributed by atoms with Crippen LogP contribution in [0.1, 0.15) is 44.9 Å².